The molecular formula is C13H27N3. The molecule has 0 bridgehead atoms. The summed E-state index contributed by atoms with van der Waals surface area (Å²) in [7, 11) is 2.16. The van der Waals surface area contributed by atoms with Gasteiger partial charge in [-0.05, 0) is 59.3 Å². The van der Waals surface area contributed by atoms with Crippen molar-refractivity contribution in [2.45, 2.75) is 52.0 Å². The van der Waals surface area contributed by atoms with Gasteiger partial charge in [-0.15, -0.1) is 0 Å². The maximum atomic E-state index is 9.09. The lowest BCUT2D eigenvalue weighted by atomic mass is 9.96. The van der Waals surface area contributed by atoms with Gasteiger partial charge in [0.1, 0.15) is 5.54 Å². The molecule has 0 aromatic rings. The molecule has 0 aliphatic carbocycles. The Labute approximate surface area is 101 Å². The zero-order valence-electron chi connectivity index (χ0n) is 11.3. The molecule has 0 radical (unpaired) electrons. The number of nitrogens with zero attached hydrogens (tertiary/aromatic N) is 2. The molecule has 16 heavy (non-hydrogen) atoms. The van der Waals surface area contributed by atoms with Gasteiger partial charge in [0.05, 0.1) is 6.07 Å². The van der Waals surface area contributed by atoms with E-state index in [4.69, 9.17) is 5.26 Å². The number of unbranched alkanes of at least 4 members (excludes halogenated alkanes) is 1. The Balaban J connectivity index is 3.68. The van der Waals surface area contributed by atoms with Gasteiger partial charge >= 0.3 is 0 Å². The number of nitriles is 1. The summed E-state index contributed by atoms with van der Waals surface area (Å²) < 4.78 is 0. The highest BCUT2D eigenvalue weighted by atomic mass is 15.1. The van der Waals surface area contributed by atoms with Crippen LogP contribution in [0.3, 0.4) is 0 Å². The molecule has 0 aromatic carbocycles. The van der Waals surface area contributed by atoms with Gasteiger partial charge in [0.15, 0.2) is 0 Å². The summed E-state index contributed by atoms with van der Waals surface area (Å²) in [5.41, 5.74) is -0.335. The van der Waals surface area contributed by atoms with Crippen LogP contribution >= 0.6 is 0 Å². The minimum Gasteiger partial charge on any atom is -0.306 e. The Morgan fingerprint density at radius 2 is 1.94 bits per heavy atom. The Morgan fingerprint density at radius 3 is 2.44 bits per heavy atom. The van der Waals surface area contributed by atoms with Crippen LogP contribution in [0.5, 0.6) is 0 Å². The lowest BCUT2D eigenvalue weighted by Crippen LogP contribution is -2.40. The SMILES string of the molecule is CCCN(C)CCCCC(C)(C#N)NCC. The van der Waals surface area contributed by atoms with E-state index in [-0.39, 0.29) is 5.54 Å². The van der Waals surface area contributed by atoms with Crippen molar-refractivity contribution in [3.8, 4) is 6.07 Å². The number of rotatable bonds is 9. The maximum absolute atomic E-state index is 9.09. The average Bonchev–Trinajstić information content (AvgIpc) is 2.25. The molecule has 0 amide bonds. The molecule has 0 aliphatic heterocycles. The van der Waals surface area contributed by atoms with Crippen LogP contribution < -0.4 is 5.32 Å². The average molecular weight is 225 g/mol. The normalized spacial score (nSPS) is 14.8. The van der Waals surface area contributed by atoms with Crippen LogP contribution in [0.1, 0.15) is 46.5 Å². The topological polar surface area (TPSA) is 39.1 Å². The van der Waals surface area contributed by atoms with E-state index in [9.17, 15) is 0 Å². The molecule has 0 heterocycles. The van der Waals surface area contributed by atoms with E-state index in [1.165, 1.54) is 19.4 Å². The van der Waals surface area contributed by atoms with Crippen LogP contribution in [0.25, 0.3) is 0 Å². The van der Waals surface area contributed by atoms with Crippen LogP contribution in [0.4, 0.5) is 0 Å². The molecule has 1 unspecified atom stereocenters. The first-order valence-electron chi connectivity index (χ1n) is 6.42. The molecule has 0 spiro atoms. The Bertz CT molecular complexity index is 210. The van der Waals surface area contributed by atoms with Crippen molar-refractivity contribution in [3.05, 3.63) is 0 Å². The van der Waals surface area contributed by atoms with Crippen molar-refractivity contribution in [3.63, 3.8) is 0 Å². The van der Waals surface area contributed by atoms with Crippen molar-refractivity contribution >= 4 is 0 Å². The summed E-state index contributed by atoms with van der Waals surface area (Å²) in [6, 6.07) is 2.37. The molecule has 1 atom stereocenters. The van der Waals surface area contributed by atoms with E-state index in [2.05, 4.69) is 30.3 Å². The third kappa shape index (κ3) is 6.81. The summed E-state index contributed by atoms with van der Waals surface area (Å²) in [5.74, 6) is 0. The van der Waals surface area contributed by atoms with Crippen molar-refractivity contribution in [2.24, 2.45) is 0 Å². The fourth-order valence-electron chi connectivity index (χ4n) is 1.93. The van der Waals surface area contributed by atoms with Crippen molar-refractivity contribution in [2.75, 3.05) is 26.7 Å². The molecule has 94 valence electrons. The highest BCUT2D eigenvalue weighted by Crippen LogP contribution is 2.12. The molecule has 1 N–H and O–H groups in total. The van der Waals surface area contributed by atoms with Gasteiger partial charge in [0.2, 0.25) is 0 Å². The van der Waals surface area contributed by atoms with Crippen LogP contribution in [0.15, 0.2) is 0 Å². The first-order valence-corrected chi connectivity index (χ1v) is 6.42. The van der Waals surface area contributed by atoms with Gasteiger partial charge in [-0.25, -0.2) is 0 Å². The van der Waals surface area contributed by atoms with Gasteiger partial charge in [-0.1, -0.05) is 13.8 Å². The smallest absolute Gasteiger partial charge is 0.103 e. The second kappa shape index (κ2) is 8.55. The molecular weight excluding hydrogens is 198 g/mol. The molecule has 3 nitrogen and oxygen atoms in total. The van der Waals surface area contributed by atoms with Gasteiger partial charge in [-0.3, -0.25) is 5.32 Å². The quantitative estimate of drug-likeness (QED) is 0.612. The van der Waals surface area contributed by atoms with E-state index in [0.717, 1.165) is 25.9 Å². The largest absolute Gasteiger partial charge is 0.306 e. The van der Waals surface area contributed by atoms with Crippen LogP contribution in [0.2, 0.25) is 0 Å². The number of nitrogens with one attached hydrogen (secondary N) is 1. The van der Waals surface area contributed by atoms with Gasteiger partial charge in [0.25, 0.3) is 0 Å². The molecule has 0 aromatic heterocycles. The van der Waals surface area contributed by atoms with E-state index in [1.54, 1.807) is 0 Å². The number of hydrogen-bond donors (Lipinski definition) is 1. The number of hydrogen-bond acceptors (Lipinski definition) is 3. The second-order valence-corrected chi connectivity index (χ2v) is 4.73. The lowest BCUT2D eigenvalue weighted by molar-refractivity contribution is 0.315. The third-order valence-electron chi connectivity index (χ3n) is 2.89. The van der Waals surface area contributed by atoms with Crippen molar-refractivity contribution in [1.82, 2.24) is 10.2 Å². The lowest BCUT2D eigenvalue weighted by Gasteiger charge is -2.23. The minimum atomic E-state index is -0.335. The molecule has 3 heteroatoms. The summed E-state index contributed by atoms with van der Waals surface area (Å²) in [6.45, 7) is 9.41. The first kappa shape index (κ1) is 15.4. The summed E-state index contributed by atoms with van der Waals surface area (Å²) in [6.07, 6.45) is 4.45. The molecule has 0 aliphatic rings. The molecule has 0 rings (SSSR count). The fraction of sp³-hybridized carbons (Fsp3) is 0.923. The highest BCUT2D eigenvalue weighted by molar-refractivity contribution is 5.03. The maximum Gasteiger partial charge on any atom is 0.103 e. The van der Waals surface area contributed by atoms with Crippen LogP contribution in [-0.2, 0) is 0 Å². The van der Waals surface area contributed by atoms with E-state index in [1.807, 2.05) is 13.8 Å². The zero-order chi connectivity index (χ0) is 12.4. The fourth-order valence-corrected chi connectivity index (χ4v) is 1.93. The van der Waals surface area contributed by atoms with Crippen LogP contribution in [0, 0.1) is 11.3 Å². The Kier molecular flexibility index (Phi) is 8.23. The second-order valence-electron chi connectivity index (χ2n) is 4.73. The predicted octanol–water partition coefficient (Wildman–Crippen LogP) is 2.39. The van der Waals surface area contributed by atoms with E-state index < -0.39 is 0 Å². The Morgan fingerprint density at radius 1 is 1.25 bits per heavy atom. The summed E-state index contributed by atoms with van der Waals surface area (Å²) >= 11 is 0. The highest BCUT2D eigenvalue weighted by Gasteiger charge is 2.21. The van der Waals surface area contributed by atoms with E-state index >= 15 is 0 Å². The molecule has 0 saturated carbocycles. The van der Waals surface area contributed by atoms with Gasteiger partial charge in [0, 0.05) is 0 Å². The molecule has 0 saturated heterocycles. The Hall–Kier alpha value is -0.590. The third-order valence-corrected chi connectivity index (χ3v) is 2.89. The van der Waals surface area contributed by atoms with Crippen LogP contribution in [-0.4, -0.2) is 37.1 Å². The minimum absolute atomic E-state index is 0.335. The first-order chi connectivity index (χ1) is 7.58. The monoisotopic (exact) mass is 225 g/mol. The van der Waals surface area contributed by atoms with Crippen molar-refractivity contribution in [1.29, 1.82) is 5.26 Å². The van der Waals surface area contributed by atoms with Gasteiger partial charge < -0.3 is 4.90 Å². The standard InChI is InChI=1S/C13H27N3/c1-5-10-16(4)11-8-7-9-13(3,12-14)15-6-2/h15H,5-11H2,1-4H3. The van der Waals surface area contributed by atoms with E-state index in [0.29, 0.717) is 0 Å². The summed E-state index contributed by atoms with van der Waals surface area (Å²) in [5, 5.41) is 12.3. The van der Waals surface area contributed by atoms with Crippen molar-refractivity contribution < 1.29 is 0 Å². The predicted molar refractivity (Wildman–Crippen MR) is 69.3 cm³/mol. The zero-order valence-corrected chi connectivity index (χ0v) is 11.3. The van der Waals surface area contributed by atoms with Gasteiger partial charge in [-0.2, -0.15) is 5.26 Å². The molecule has 0 fully saturated rings. The summed E-state index contributed by atoms with van der Waals surface area (Å²) in [4.78, 5) is 2.36.